The molecule has 10 heteroatoms. The molecule has 0 saturated carbocycles. The van der Waals surface area contributed by atoms with Gasteiger partial charge in [-0.25, -0.2) is 0 Å². The van der Waals surface area contributed by atoms with Gasteiger partial charge in [0.1, 0.15) is 4.32 Å². The largest absolute Gasteiger partial charge is 0.490 e. The third-order valence-electron chi connectivity index (χ3n) is 6.45. The highest BCUT2D eigenvalue weighted by molar-refractivity contribution is 8.26. The van der Waals surface area contributed by atoms with Gasteiger partial charge >= 0.3 is 0 Å². The lowest BCUT2D eigenvalue weighted by Gasteiger charge is -2.15. The zero-order valence-electron chi connectivity index (χ0n) is 22.3. The van der Waals surface area contributed by atoms with Crippen molar-refractivity contribution in [1.29, 1.82) is 0 Å². The van der Waals surface area contributed by atoms with Crippen LogP contribution in [0, 0.1) is 13.8 Å². The molecule has 0 spiro atoms. The van der Waals surface area contributed by atoms with Crippen LogP contribution in [0.25, 0.3) is 6.08 Å². The molecule has 0 aromatic heterocycles. The number of ether oxygens (including phenoxy) is 4. The summed E-state index contributed by atoms with van der Waals surface area (Å²) in [6.45, 7) is 6.58. The van der Waals surface area contributed by atoms with Gasteiger partial charge in [-0.05, 0) is 79.4 Å². The zero-order valence-corrected chi connectivity index (χ0v) is 23.9. The number of hydrogen-bond donors (Lipinski definition) is 1. The number of nitrogens with zero attached hydrogens (tertiary/aromatic N) is 1. The monoisotopic (exact) mass is 576 g/mol. The van der Waals surface area contributed by atoms with Crippen LogP contribution in [0.1, 0.15) is 29.2 Å². The Morgan fingerprint density at radius 2 is 1.90 bits per heavy atom. The van der Waals surface area contributed by atoms with Crippen LogP contribution >= 0.6 is 24.0 Å². The van der Waals surface area contributed by atoms with Gasteiger partial charge in [-0.2, -0.15) is 0 Å². The van der Waals surface area contributed by atoms with Crippen molar-refractivity contribution >= 4 is 51.9 Å². The molecular weight excluding hydrogens is 548 g/mol. The third-order valence-corrected chi connectivity index (χ3v) is 7.83. The number of thiocarbonyl (C=S) groups is 1. The number of rotatable bonds is 9. The van der Waals surface area contributed by atoms with Crippen molar-refractivity contribution in [2.45, 2.75) is 27.3 Å². The third kappa shape index (κ3) is 6.08. The molecule has 5 rings (SSSR count). The maximum Gasteiger partial charge on any atom is 0.266 e. The molecule has 0 bridgehead atoms. The van der Waals surface area contributed by atoms with Crippen molar-refractivity contribution in [3.63, 3.8) is 0 Å². The van der Waals surface area contributed by atoms with Crippen molar-refractivity contribution in [2.24, 2.45) is 0 Å². The second kappa shape index (κ2) is 12.0. The second-order valence-electron chi connectivity index (χ2n) is 9.18. The van der Waals surface area contributed by atoms with Crippen LogP contribution in [-0.4, -0.2) is 41.0 Å². The van der Waals surface area contributed by atoms with Crippen LogP contribution in [0.15, 0.2) is 59.5 Å². The molecule has 2 amide bonds. The lowest BCUT2D eigenvalue weighted by molar-refractivity contribution is -0.122. The number of aryl methyl sites for hydroxylation is 1. The van der Waals surface area contributed by atoms with E-state index in [2.05, 4.69) is 5.32 Å². The molecule has 8 nitrogen and oxygen atoms in total. The smallest absolute Gasteiger partial charge is 0.266 e. The summed E-state index contributed by atoms with van der Waals surface area (Å²) in [5.41, 5.74) is 4.50. The lowest BCUT2D eigenvalue weighted by Crippen LogP contribution is -2.27. The van der Waals surface area contributed by atoms with E-state index in [0.29, 0.717) is 45.4 Å². The Morgan fingerprint density at radius 3 is 2.73 bits per heavy atom. The summed E-state index contributed by atoms with van der Waals surface area (Å²) in [7, 11) is 0. The number of thioether (sulfide) groups is 1. The number of nitrogens with one attached hydrogen (secondary N) is 1. The highest BCUT2D eigenvalue weighted by Crippen LogP contribution is 2.37. The number of fused-ring (bicyclic) bond motifs is 1. The molecule has 0 atom stereocenters. The number of hydrogen-bond acceptors (Lipinski definition) is 8. The van der Waals surface area contributed by atoms with Crippen LogP contribution in [0.5, 0.6) is 23.0 Å². The van der Waals surface area contributed by atoms with E-state index in [4.69, 9.17) is 31.2 Å². The zero-order chi connectivity index (χ0) is 28.2. The molecule has 0 radical (unpaired) electrons. The van der Waals surface area contributed by atoms with Crippen LogP contribution in [0.4, 0.5) is 5.69 Å². The van der Waals surface area contributed by atoms with Gasteiger partial charge in [0.2, 0.25) is 6.79 Å². The van der Waals surface area contributed by atoms with Gasteiger partial charge in [-0.15, -0.1) is 0 Å². The van der Waals surface area contributed by atoms with Crippen molar-refractivity contribution < 1.29 is 28.5 Å². The number of carbonyl (C=O) groups is 2. The maximum absolute atomic E-state index is 13.2. The Morgan fingerprint density at radius 1 is 1.07 bits per heavy atom. The Labute approximate surface area is 242 Å². The molecule has 0 unspecified atom stereocenters. The summed E-state index contributed by atoms with van der Waals surface area (Å²) in [6, 6.07) is 16.7. The molecule has 2 aliphatic heterocycles. The van der Waals surface area contributed by atoms with Crippen LogP contribution < -0.4 is 24.3 Å². The normalized spacial score (nSPS) is 15.1. The molecule has 1 fully saturated rings. The standard InChI is InChI=1S/C30H28N2O6S2/c1-4-35-25-12-20(8-10-23(25)36-16-28(33)31-22-7-5-6-18(2)19(22)3)14-27-29(34)32(30(39)40-27)15-21-9-11-24-26(13-21)38-17-37-24/h5-14H,4,15-17H2,1-3H3,(H,31,33)/b27-14-. The minimum absolute atomic E-state index is 0.172. The molecule has 3 aromatic rings. The Balaban J connectivity index is 1.26. The average Bonchev–Trinajstić information content (AvgIpc) is 3.50. The number of carbonyl (C=O) groups excluding carboxylic acids is 2. The number of anilines is 1. The minimum Gasteiger partial charge on any atom is -0.490 e. The molecule has 2 heterocycles. The molecule has 206 valence electrons. The van der Waals surface area contributed by atoms with Crippen molar-refractivity contribution in [3.05, 3.63) is 81.8 Å². The Bertz CT molecular complexity index is 1520. The Kier molecular flexibility index (Phi) is 8.27. The summed E-state index contributed by atoms with van der Waals surface area (Å²) >= 11 is 6.76. The van der Waals surface area contributed by atoms with Crippen molar-refractivity contribution in [3.8, 4) is 23.0 Å². The average molecular weight is 577 g/mol. The maximum atomic E-state index is 13.2. The fourth-order valence-corrected chi connectivity index (χ4v) is 5.48. The molecule has 1 N–H and O–H groups in total. The van der Waals surface area contributed by atoms with Crippen molar-refractivity contribution in [1.82, 2.24) is 4.90 Å². The number of amides is 2. The van der Waals surface area contributed by atoms with Crippen LogP contribution in [0.3, 0.4) is 0 Å². The van der Waals surface area contributed by atoms with E-state index < -0.39 is 0 Å². The SMILES string of the molecule is CCOc1cc(/C=C2\SC(=S)N(Cc3ccc4c(c3)OCO4)C2=O)ccc1OCC(=O)Nc1cccc(C)c1C. The van der Waals surface area contributed by atoms with Crippen LogP contribution in [0.2, 0.25) is 0 Å². The van der Waals surface area contributed by atoms with Gasteiger partial charge in [0.25, 0.3) is 11.8 Å². The van der Waals surface area contributed by atoms with E-state index in [1.54, 1.807) is 23.1 Å². The van der Waals surface area contributed by atoms with Gasteiger partial charge in [0.05, 0.1) is 18.1 Å². The molecule has 0 aliphatic carbocycles. The lowest BCUT2D eigenvalue weighted by atomic mass is 10.1. The van der Waals surface area contributed by atoms with E-state index in [1.165, 1.54) is 11.8 Å². The van der Waals surface area contributed by atoms with Gasteiger partial charge in [0, 0.05) is 5.69 Å². The summed E-state index contributed by atoms with van der Waals surface area (Å²) in [5, 5.41) is 2.89. The molecule has 40 heavy (non-hydrogen) atoms. The minimum atomic E-state index is -0.272. The second-order valence-corrected chi connectivity index (χ2v) is 10.9. The van der Waals surface area contributed by atoms with E-state index in [-0.39, 0.29) is 25.2 Å². The fraction of sp³-hybridized carbons (Fsp3) is 0.233. The Hall–Kier alpha value is -4.02. The van der Waals surface area contributed by atoms with Crippen LogP contribution in [-0.2, 0) is 16.1 Å². The van der Waals surface area contributed by atoms with E-state index in [0.717, 1.165) is 27.9 Å². The first kappa shape index (κ1) is 27.5. The molecule has 2 aliphatic rings. The predicted octanol–water partition coefficient (Wildman–Crippen LogP) is 5.85. The topological polar surface area (TPSA) is 86.3 Å². The van der Waals surface area contributed by atoms with Crippen molar-refractivity contribution in [2.75, 3.05) is 25.3 Å². The molecule has 3 aromatic carbocycles. The van der Waals surface area contributed by atoms with Gasteiger partial charge in [-0.1, -0.05) is 48.2 Å². The molecule has 1 saturated heterocycles. The molecular formula is C30H28N2O6S2. The quantitative estimate of drug-likeness (QED) is 0.251. The summed E-state index contributed by atoms with van der Waals surface area (Å²) in [4.78, 5) is 27.8. The van der Waals surface area contributed by atoms with Gasteiger partial charge in [-0.3, -0.25) is 14.5 Å². The summed E-state index contributed by atoms with van der Waals surface area (Å²) in [6.07, 6.45) is 1.78. The highest BCUT2D eigenvalue weighted by Gasteiger charge is 2.32. The highest BCUT2D eigenvalue weighted by atomic mass is 32.2. The van der Waals surface area contributed by atoms with E-state index in [9.17, 15) is 9.59 Å². The fourth-order valence-electron chi connectivity index (χ4n) is 4.23. The van der Waals surface area contributed by atoms with Gasteiger partial charge in [0.15, 0.2) is 29.6 Å². The van der Waals surface area contributed by atoms with Gasteiger partial charge < -0.3 is 24.3 Å². The van der Waals surface area contributed by atoms with E-state index in [1.807, 2.05) is 63.2 Å². The first-order valence-electron chi connectivity index (χ1n) is 12.7. The number of benzene rings is 3. The van der Waals surface area contributed by atoms with E-state index >= 15 is 0 Å². The first-order chi connectivity index (χ1) is 19.3. The summed E-state index contributed by atoms with van der Waals surface area (Å²) in [5.74, 6) is 1.82. The first-order valence-corrected chi connectivity index (χ1v) is 13.9. The predicted molar refractivity (Wildman–Crippen MR) is 159 cm³/mol. The summed E-state index contributed by atoms with van der Waals surface area (Å²) < 4.78 is 22.9.